The van der Waals surface area contributed by atoms with Gasteiger partial charge in [-0.3, -0.25) is 4.99 Å². The minimum atomic E-state index is -0.968. The van der Waals surface area contributed by atoms with Crippen LogP contribution in [0.1, 0.15) is 21.5 Å². The molecular weight excluding hydrogens is 358 g/mol. The number of carbonyl (C=O) groups is 1. The van der Waals surface area contributed by atoms with E-state index in [1.165, 1.54) is 12.1 Å². The van der Waals surface area contributed by atoms with E-state index in [0.29, 0.717) is 17.2 Å². The maximum Gasteiger partial charge on any atom is 0.335 e. The number of phenolic OH excluding ortho intramolecular Hbond substituents is 1. The highest BCUT2D eigenvalue weighted by molar-refractivity contribution is 5.88. The van der Waals surface area contributed by atoms with Crippen LogP contribution in [0.4, 0.5) is 5.69 Å². The van der Waals surface area contributed by atoms with Gasteiger partial charge in [0, 0.05) is 11.8 Å². The Morgan fingerprint density at radius 2 is 1.75 bits per heavy atom. The van der Waals surface area contributed by atoms with Crippen molar-refractivity contribution >= 4 is 17.9 Å². The van der Waals surface area contributed by atoms with Crippen LogP contribution in [0, 0.1) is 0 Å². The normalized spacial score (nSPS) is 10.8. The lowest BCUT2D eigenvalue weighted by Gasteiger charge is -2.13. The summed E-state index contributed by atoms with van der Waals surface area (Å²) in [5, 5.41) is 18.3. The number of carboxylic acid groups (broad SMARTS) is 1. The molecule has 0 unspecified atom stereocenters. The predicted octanol–water partition coefficient (Wildman–Crippen LogP) is 4.43. The van der Waals surface area contributed by atoms with Gasteiger partial charge < -0.3 is 19.7 Å². The number of aliphatic imine (C=N–C) groups is 1. The third-order valence-corrected chi connectivity index (χ3v) is 4.02. The number of aromatic carboxylic acids is 1. The number of rotatable bonds is 7. The van der Waals surface area contributed by atoms with Gasteiger partial charge in [0.25, 0.3) is 0 Å². The van der Waals surface area contributed by atoms with Gasteiger partial charge in [-0.25, -0.2) is 4.79 Å². The van der Waals surface area contributed by atoms with Gasteiger partial charge in [-0.15, -0.1) is 0 Å². The van der Waals surface area contributed by atoms with Gasteiger partial charge in [0.05, 0.1) is 18.4 Å². The van der Waals surface area contributed by atoms with Gasteiger partial charge >= 0.3 is 5.97 Å². The second-order valence-electron chi connectivity index (χ2n) is 5.94. The second kappa shape index (κ2) is 8.73. The number of para-hydroxylation sites is 1. The average Bonchev–Trinajstić information content (AvgIpc) is 2.72. The van der Waals surface area contributed by atoms with Crippen LogP contribution in [0.25, 0.3) is 0 Å². The van der Waals surface area contributed by atoms with E-state index in [4.69, 9.17) is 14.6 Å². The summed E-state index contributed by atoms with van der Waals surface area (Å²) >= 11 is 0. The first-order chi connectivity index (χ1) is 13.6. The van der Waals surface area contributed by atoms with Crippen LogP contribution in [0.15, 0.2) is 71.7 Å². The zero-order valence-corrected chi connectivity index (χ0v) is 15.2. The summed E-state index contributed by atoms with van der Waals surface area (Å²) in [6.45, 7) is 0.250. The molecule has 142 valence electrons. The van der Waals surface area contributed by atoms with Crippen molar-refractivity contribution in [3.05, 3.63) is 83.4 Å². The van der Waals surface area contributed by atoms with E-state index in [9.17, 15) is 9.90 Å². The Balaban J connectivity index is 1.80. The fraction of sp³-hybridized carbons (Fsp3) is 0.0909. The molecular formula is C22H19NO5. The van der Waals surface area contributed by atoms with E-state index in [1.54, 1.807) is 55.8 Å². The molecule has 0 radical (unpaired) electrons. The van der Waals surface area contributed by atoms with Crippen molar-refractivity contribution < 1.29 is 24.5 Å². The zero-order valence-electron chi connectivity index (χ0n) is 15.2. The topological polar surface area (TPSA) is 88.4 Å². The van der Waals surface area contributed by atoms with Gasteiger partial charge in [-0.05, 0) is 54.1 Å². The van der Waals surface area contributed by atoms with Gasteiger partial charge in [0.15, 0.2) is 11.5 Å². The Morgan fingerprint density at radius 3 is 2.39 bits per heavy atom. The van der Waals surface area contributed by atoms with E-state index >= 15 is 0 Å². The largest absolute Gasteiger partial charge is 0.508 e. The quantitative estimate of drug-likeness (QED) is 0.595. The number of carboxylic acids is 1. The van der Waals surface area contributed by atoms with Gasteiger partial charge in [-0.2, -0.15) is 0 Å². The Morgan fingerprint density at radius 1 is 1.04 bits per heavy atom. The molecule has 3 aromatic rings. The summed E-state index contributed by atoms with van der Waals surface area (Å²) in [5.41, 5.74) is 2.48. The maximum absolute atomic E-state index is 11.0. The molecule has 0 aliphatic rings. The second-order valence-corrected chi connectivity index (χ2v) is 5.94. The summed E-state index contributed by atoms with van der Waals surface area (Å²) in [5.74, 6) is 0.315. The van der Waals surface area contributed by atoms with E-state index in [-0.39, 0.29) is 17.9 Å². The zero-order chi connectivity index (χ0) is 19.9. The molecule has 0 heterocycles. The third kappa shape index (κ3) is 4.67. The monoisotopic (exact) mass is 377 g/mol. The van der Waals surface area contributed by atoms with Crippen LogP contribution in [0.5, 0.6) is 17.2 Å². The fourth-order valence-corrected chi connectivity index (χ4v) is 2.53. The van der Waals surface area contributed by atoms with Crippen LogP contribution in [0.2, 0.25) is 0 Å². The van der Waals surface area contributed by atoms with Crippen molar-refractivity contribution in [1.29, 1.82) is 0 Å². The summed E-state index contributed by atoms with van der Waals surface area (Å²) in [6, 6.07) is 18.5. The number of aromatic hydroxyl groups is 1. The first-order valence-electron chi connectivity index (χ1n) is 8.52. The molecule has 0 saturated carbocycles. The highest BCUT2D eigenvalue weighted by Gasteiger charge is 2.10. The van der Waals surface area contributed by atoms with Gasteiger partial charge in [0.2, 0.25) is 0 Å². The number of phenols is 1. The number of hydrogen-bond acceptors (Lipinski definition) is 5. The molecule has 0 aromatic heterocycles. The molecule has 3 aromatic carbocycles. The molecule has 0 bridgehead atoms. The van der Waals surface area contributed by atoms with Crippen LogP contribution in [-0.4, -0.2) is 29.5 Å². The molecule has 0 atom stereocenters. The average molecular weight is 377 g/mol. The predicted molar refractivity (Wildman–Crippen MR) is 106 cm³/mol. The van der Waals surface area contributed by atoms with Crippen LogP contribution in [-0.2, 0) is 6.61 Å². The molecule has 0 aliphatic heterocycles. The summed E-state index contributed by atoms with van der Waals surface area (Å²) in [6.07, 6.45) is 1.66. The number of hydrogen-bond donors (Lipinski definition) is 2. The molecule has 2 N–H and O–H groups in total. The smallest absolute Gasteiger partial charge is 0.335 e. The molecule has 28 heavy (non-hydrogen) atoms. The van der Waals surface area contributed by atoms with E-state index in [2.05, 4.69) is 4.99 Å². The number of nitrogens with zero attached hydrogens (tertiary/aromatic N) is 1. The minimum absolute atomic E-state index is 0.179. The van der Waals surface area contributed by atoms with Crippen molar-refractivity contribution in [3.8, 4) is 17.2 Å². The first-order valence-corrected chi connectivity index (χ1v) is 8.52. The van der Waals surface area contributed by atoms with Crippen molar-refractivity contribution in [2.75, 3.05) is 7.11 Å². The van der Waals surface area contributed by atoms with E-state index in [0.717, 1.165) is 11.1 Å². The van der Waals surface area contributed by atoms with Crippen LogP contribution >= 0.6 is 0 Å². The van der Waals surface area contributed by atoms with Crippen molar-refractivity contribution in [2.24, 2.45) is 4.99 Å². The first kappa shape index (κ1) is 19.0. The lowest BCUT2D eigenvalue weighted by Crippen LogP contribution is -2.02. The Kier molecular flexibility index (Phi) is 5.91. The highest BCUT2D eigenvalue weighted by Crippen LogP contribution is 2.31. The summed E-state index contributed by atoms with van der Waals surface area (Å²) in [7, 11) is 1.56. The molecule has 0 aliphatic carbocycles. The molecule has 0 spiro atoms. The molecule has 0 fully saturated rings. The fourth-order valence-electron chi connectivity index (χ4n) is 2.53. The number of ether oxygens (including phenoxy) is 2. The van der Waals surface area contributed by atoms with Gasteiger partial charge in [-0.1, -0.05) is 18.2 Å². The van der Waals surface area contributed by atoms with Crippen LogP contribution in [0.3, 0.4) is 0 Å². The SMILES string of the molecule is COc1cccc(C=Nc2ccc(O)cc2)c1OCc1ccc(C(=O)O)cc1. The number of methoxy groups -OCH3 is 1. The van der Waals surface area contributed by atoms with Crippen molar-refractivity contribution in [2.45, 2.75) is 6.61 Å². The summed E-state index contributed by atoms with van der Waals surface area (Å²) < 4.78 is 11.3. The molecule has 0 amide bonds. The Labute approximate surface area is 162 Å². The molecule has 6 nitrogen and oxygen atoms in total. The standard InChI is InChI=1S/C22H19NO5/c1-27-20-4-2-3-17(13-23-18-9-11-19(24)12-10-18)21(20)28-14-15-5-7-16(8-6-15)22(25)26/h2-13,24H,14H2,1H3,(H,25,26). The molecule has 6 heteroatoms. The minimum Gasteiger partial charge on any atom is -0.508 e. The molecule has 3 rings (SSSR count). The van der Waals surface area contributed by atoms with Crippen molar-refractivity contribution in [1.82, 2.24) is 0 Å². The molecule has 0 saturated heterocycles. The van der Waals surface area contributed by atoms with Crippen LogP contribution < -0.4 is 9.47 Å². The van der Waals surface area contributed by atoms with E-state index in [1.807, 2.05) is 12.1 Å². The third-order valence-electron chi connectivity index (χ3n) is 4.02. The lowest BCUT2D eigenvalue weighted by molar-refractivity contribution is 0.0697. The highest BCUT2D eigenvalue weighted by atomic mass is 16.5. The Bertz CT molecular complexity index is 979. The van der Waals surface area contributed by atoms with Gasteiger partial charge in [0.1, 0.15) is 12.4 Å². The Hall–Kier alpha value is -3.80. The van der Waals surface area contributed by atoms with E-state index < -0.39 is 5.97 Å². The maximum atomic E-state index is 11.0. The summed E-state index contributed by atoms with van der Waals surface area (Å²) in [4.78, 5) is 15.4. The van der Waals surface area contributed by atoms with Crippen molar-refractivity contribution in [3.63, 3.8) is 0 Å². The lowest BCUT2D eigenvalue weighted by atomic mass is 10.1. The number of benzene rings is 3.